The zero-order chi connectivity index (χ0) is 13.9. The number of rotatable bonds is 3. The molecule has 1 saturated carbocycles. The fourth-order valence-corrected chi connectivity index (χ4v) is 2.18. The van der Waals surface area contributed by atoms with E-state index in [1.807, 2.05) is 0 Å². The Morgan fingerprint density at radius 3 is 2.84 bits per heavy atom. The van der Waals surface area contributed by atoms with E-state index in [-0.39, 0.29) is 17.4 Å². The molecule has 104 valence electrons. The van der Waals surface area contributed by atoms with Crippen LogP contribution in [-0.4, -0.2) is 21.8 Å². The number of alkyl halides is 2. The average Bonchev–Trinajstić information content (AvgIpc) is 2.36. The number of hydrazine groups is 1. The zero-order valence-corrected chi connectivity index (χ0v) is 10.8. The van der Waals surface area contributed by atoms with E-state index in [9.17, 15) is 13.6 Å². The van der Waals surface area contributed by atoms with Crippen molar-refractivity contribution in [3.8, 4) is 0 Å². The minimum atomic E-state index is -2.76. The lowest BCUT2D eigenvalue weighted by molar-refractivity contribution is -0.131. The standard InChI is InChI=1S/C11H13ClF2N4O/c12-8-9(16-5-4-15-8)17-18-10(19)7-2-1-3-11(13,14)6-7/h4-5,7H,1-3,6H2,(H,16,17)(H,18,19). The average molecular weight is 291 g/mol. The Morgan fingerprint density at radius 2 is 2.16 bits per heavy atom. The van der Waals surface area contributed by atoms with Gasteiger partial charge in [0, 0.05) is 31.2 Å². The van der Waals surface area contributed by atoms with Crippen molar-refractivity contribution in [2.24, 2.45) is 5.92 Å². The maximum absolute atomic E-state index is 13.2. The second-order valence-electron chi connectivity index (χ2n) is 4.46. The van der Waals surface area contributed by atoms with E-state index in [0.717, 1.165) is 0 Å². The van der Waals surface area contributed by atoms with E-state index in [4.69, 9.17) is 11.6 Å². The first kappa shape index (κ1) is 13.9. The van der Waals surface area contributed by atoms with Crippen LogP contribution in [0.4, 0.5) is 14.6 Å². The van der Waals surface area contributed by atoms with Crippen molar-refractivity contribution in [3.63, 3.8) is 0 Å². The Labute approximate surface area is 113 Å². The van der Waals surface area contributed by atoms with Crippen LogP contribution >= 0.6 is 11.6 Å². The molecule has 1 aliphatic rings. The second-order valence-corrected chi connectivity index (χ2v) is 4.82. The van der Waals surface area contributed by atoms with Crippen molar-refractivity contribution < 1.29 is 13.6 Å². The number of aromatic nitrogens is 2. The molecular weight excluding hydrogens is 278 g/mol. The van der Waals surface area contributed by atoms with Gasteiger partial charge in [-0.3, -0.25) is 15.6 Å². The van der Waals surface area contributed by atoms with Gasteiger partial charge in [-0.25, -0.2) is 18.7 Å². The van der Waals surface area contributed by atoms with Gasteiger partial charge < -0.3 is 0 Å². The van der Waals surface area contributed by atoms with E-state index in [2.05, 4.69) is 20.8 Å². The number of amides is 1. The summed E-state index contributed by atoms with van der Waals surface area (Å²) in [5.41, 5.74) is 4.83. The molecule has 1 fully saturated rings. The Balaban J connectivity index is 1.90. The Kier molecular flexibility index (Phi) is 4.14. The van der Waals surface area contributed by atoms with Crippen LogP contribution in [0.15, 0.2) is 12.4 Å². The molecule has 2 N–H and O–H groups in total. The van der Waals surface area contributed by atoms with E-state index in [0.29, 0.717) is 12.8 Å². The van der Waals surface area contributed by atoms with E-state index in [1.54, 1.807) is 0 Å². The maximum atomic E-state index is 13.2. The summed E-state index contributed by atoms with van der Waals surface area (Å²) in [7, 11) is 0. The molecule has 0 saturated heterocycles. The van der Waals surface area contributed by atoms with Crippen LogP contribution in [0.3, 0.4) is 0 Å². The number of halogens is 3. The van der Waals surface area contributed by atoms with Crippen molar-refractivity contribution in [2.75, 3.05) is 5.43 Å². The molecule has 19 heavy (non-hydrogen) atoms. The van der Waals surface area contributed by atoms with Crippen LogP contribution < -0.4 is 10.9 Å². The number of carbonyl (C=O) groups excluding carboxylic acids is 1. The van der Waals surface area contributed by atoms with Crippen LogP contribution in [0.25, 0.3) is 0 Å². The van der Waals surface area contributed by atoms with Crippen LogP contribution in [0.1, 0.15) is 25.7 Å². The van der Waals surface area contributed by atoms with Gasteiger partial charge in [-0.05, 0) is 12.8 Å². The van der Waals surface area contributed by atoms with Gasteiger partial charge >= 0.3 is 0 Å². The van der Waals surface area contributed by atoms with Gasteiger partial charge in [0.2, 0.25) is 11.8 Å². The van der Waals surface area contributed by atoms with Gasteiger partial charge in [0.05, 0.1) is 0 Å². The maximum Gasteiger partial charge on any atom is 0.248 e. The quantitative estimate of drug-likeness (QED) is 0.839. The van der Waals surface area contributed by atoms with Gasteiger partial charge in [-0.1, -0.05) is 11.6 Å². The molecule has 1 aromatic heterocycles. The summed E-state index contributed by atoms with van der Waals surface area (Å²) in [6, 6.07) is 0. The third-order valence-corrected chi connectivity index (χ3v) is 3.25. The molecule has 1 aliphatic carbocycles. The van der Waals surface area contributed by atoms with E-state index >= 15 is 0 Å². The zero-order valence-electron chi connectivity index (χ0n) is 10.00. The predicted octanol–water partition coefficient (Wildman–Crippen LogP) is 2.40. The number of hydrogen-bond donors (Lipinski definition) is 2. The first-order valence-corrected chi connectivity index (χ1v) is 6.26. The normalized spacial score (nSPS) is 21.7. The lowest BCUT2D eigenvalue weighted by Gasteiger charge is -2.27. The first-order valence-electron chi connectivity index (χ1n) is 5.88. The summed E-state index contributed by atoms with van der Waals surface area (Å²) in [5.74, 6) is -3.77. The molecule has 1 atom stereocenters. The summed E-state index contributed by atoms with van der Waals surface area (Å²) in [5, 5.41) is 0.0942. The monoisotopic (exact) mass is 290 g/mol. The summed E-state index contributed by atoms with van der Waals surface area (Å²) in [6.07, 6.45) is 3.02. The van der Waals surface area contributed by atoms with Gasteiger partial charge in [-0.15, -0.1) is 0 Å². The third-order valence-electron chi connectivity index (χ3n) is 2.97. The highest BCUT2D eigenvalue weighted by Gasteiger charge is 2.39. The lowest BCUT2D eigenvalue weighted by atomic mass is 9.86. The van der Waals surface area contributed by atoms with Crippen molar-refractivity contribution in [2.45, 2.75) is 31.6 Å². The van der Waals surface area contributed by atoms with Crippen LogP contribution in [0.5, 0.6) is 0 Å². The van der Waals surface area contributed by atoms with E-state index < -0.39 is 24.2 Å². The molecular formula is C11H13ClF2N4O. The van der Waals surface area contributed by atoms with Crippen molar-refractivity contribution in [3.05, 3.63) is 17.5 Å². The van der Waals surface area contributed by atoms with Crippen LogP contribution in [-0.2, 0) is 4.79 Å². The molecule has 8 heteroatoms. The molecule has 1 amide bonds. The minimum absolute atomic E-state index is 0.0942. The summed E-state index contributed by atoms with van der Waals surface area (Å²) < 4.78 is 26.4. The lowest BCUT2D eigenvalue weighted by Crippen LogP contribution is -2.40. The second kappa shape index (κ2) is 5.64. The van der Waals surface area contributed by atoms with Crippen molar-refractivity contribution >= 4 is 23.3 Å². The molecule has 0 aliphatic heterocycles. The van der Waals surface area contributed by atoms with Crippen LogP contribution in [0, 0.1) is 5.92 Å². The molecule has 0 aromatic carbocycles. The molecule has 2 rings (SSSR count). The topological polar surface area (TPSA) is 66.9 Å². The fourth-order valence-electron chi connectivity index (χ4n) is 2.02. The number of carbonyl (C=O) groups is 1. The number of anilines is 1. The number of nitrogens with one attached hydrogen (secondary N) is 2. The van der Waals surface area contributed by atoms with Crippen LogP contribution in [0.2, 0.25) is 5.15 Å². The van der Waals surface area contributed by atoms with Gasteiger partial charge in [-0.2, -0.15) is 0 Å². The molecule has 1 aromatic rings. The Hall–Kier alpha value is -1.50. The molecule has 0 bridgehead atoms. The van der Waals surface area contributed by atoms with Crippen molar-refractivity contribution in [1.82, 2.24) is 15.4 Å². The molecule has 1 unspecified atom stereocenters. The molecule has 0 spiro atoms. The smallest absolute Gasteiger partial charge is 0.248 e. The van der Waals surface area contributed by atoms with Crippen molar-refractivity contribution in [1.29, 1.82) is 0 Å². The minimum Gasteiger partial charge on any atom is -0.279 e. The summed E-state index contributed by atoms with van der Waals surface area (Å²) >= 11 is 5.73. The highest BCUT2D eigenvalue weighted by atomic mass is 35.5. The summed E-state index contributed by atoms with van der Waals surface area (Å²) in [4.78, 5) is 19.4. The number of nitrogens with zero attached hydrogens (tertiary/aromatic N) is 2. The highest BCUT2D eigenvalue weighted by molar-refractivity contribution is 6.31. The molecule has 0 radical (unpaired) electrons. The fraction of sp³-hybridized carbons (Fsp3) is 0.545. The number of hydrogen-bond acceptors (Lipinski definition) is 4. The molecule has 1 heterocycles. The van der Waals surface area contributed by atoms with E-state index in [1.165, 1.54) is 12.4 Å². The third kappa shape index (κ3) is 3.73. The highest BCUT2D eigenvalue weighted by Crippen LogP contribution is 2.36. The summed E-state index contributed by atoms with van der Waals surface area (Å²) in [6.45, 7) is 0. The largest absolute Gasteiger partial charge is 0.279 e. The predicted molar refractivity (Wildman–Crippen MR) is 65.7 cm³/mol. The first-order chi connectivity index (χ1) is 8.98. The Bertz CT molecular complexity index is 472. The molecule has 5 nitrogen and oxygen atoms in total. The Morgan fingerprint density at radius 1 is 1.42 bits per heavy atom. The van der Waals surface area contributed by atoms with Gasteiger partial charge in [0.25, 0.3) is 0 Å². The van der Waals surface area contributed by atoms with Gasteiger partial charge in [0.15, 0.2) is 11.0 Å². The van der Waals surface area contributed by atoms with Gasteiger partial charge in [0.1, 0.15) is 0 Å². The SMILES string of the molecule is O=C(NNc1nccnc1Cl)C1CCCC(F)(F)C1.